The molecule has 35 heavy (non-hydrogen) atoms. The van der Waals surface area contributed by atoms with Crippen LogP contribution in [0, 0.1) is 35.5 Å². The number of likely N-dealkylation sites (tertiary alicyclic amines) is 1. The molecule has 1 aliphatic heterocycles. The number of halogens is 3. The third-order valence-electron chi connectivity index (χ3n) is 10.2. The van der Waals surface area contributed by atoms with Crippen LogP contribution in [0.4, 0.5) is 13.2 Å². The number of hydrogen-bond acceptors (Lipinski definition) is 5. The molecule has 0 aromatic carbocycles. The van der Waals surface area contributed by atoms with Crippen LogP contribution in [0.15, 0.2) is 0 Å². The maximum Gasteiger partial charge on any atom is 0.471 e. The van der Waals surface area contributed by atoms with Crippen LogP contribution in [0.2, 0.25) is 0 Å². The van der Waals surface area contributed by atoms with Gasteiger partial charge in [-0.3, -0.25) is 4.79 Å². The van der Waals surface area contributed by atoms with Gasteiger partial charge in [-0.2, -0.15) is 13.2 Å². The fraction of sp³-hybridized carbons (Fsp3) is 0.962. The minimum Gasteiger partial charge on any atom is -0.359 e. The van der Waals surface area contributed by atoms with Crippen molar-refractivity contribution in [2.45, 2.75) is 94.7 Å². The van der Waals surface area contributed by atoms with Gasteiger partial charge in [0.25, 0.3) is 0 Å². The third-order valence-corrected chi connectivity index (χ3v) is 10.2. The number of carbonyl (C=O) groups excluding carboxylic acids is 1. The van der Waals surface area contributed by atoms with Gasteiger partial charge in [0.15, 0.2) is 0 Å². The lowest BCUT2D eigenvalue weighted by Crippen LogP contribution is -2.64. The van der Waals surface area contributed by atoms with Crippen LogP contribution in [0.3, 0.4) is 0 Å². The molecule has 0 spiro atoms. The van der Waals surface area contributed by atoms with Crippen LogP contribution >= 0.6 is 0 Å². The Kier molecular flexibility index (Phi) is 7.18. The van der Waals surface area contributed by atoms with E-state index in [2.05, 4.69) is 0 Å². The van der Waals surface area contributed by atoms with E-state index in [-0.39, 0.29) is 37.4 Å². The molecule has 9 heteroatoms. The zero-order chi connectivity index (χ0) is 25.0. The number of amides is 1. The first-order valence-electron chi connectivity index (χ1n) is 13.4. The van der Waals surface area contributed by atoms with Gasteiger partial charge in [-0.25, -0.2) is 0 Å². The second kappa shape index (κ2) is 9.76. The highest BCUT2D eigenvalue weighted by molar-refractivity contribution is 5.82. The topological polar surface area (TPSA) is 57.2 Å². The first kappa shape index (κ1) is 25.7. The lowest BCUT2D eigenvalue weighted by Gasteiger charge is -2.56. The van der Waals surface area contributed by atoms with Crippen molar-refractivity contribution in [1.29, 1.82) is 0 Å². The summed E-state index contributed by atoms with van der Waals surface area (Å²) >= 11 is 0. The highest BCUT2D eigenvalue weighted by atomic mass is 19.4. The number of fused-ring (bicyclic) bond motifs is 9. The van der Waals surface area contributed by atoms with Gasteiger partial charge in [0, 0.05) is 32.2 Å². The molecule has 5 rings (SSSR count). The van der Waals surface area contributed by atoms with Crippen molar-refractivity contribution in [3.05, 3.63) is 0 Å². The smallest absolute Gasteiger partial charge is 0.359 e. The third kappa shape index (κ3) is 4.22. The SMILES string of the molecule is COCO[C@H]1C[C@H]2[C@H]([C@@H]3C[C@H]4[C@H](CC[C@@H](C)N4C(=O)C(F)(F)F)[C@@]2(OCOC)C3)[C@H]2CCCC[C@@H]21. The summed E-state index contributed by atoms with van der Waals surface area (Å²) in [7, 11) is 3.22. The largest absolute Gasteiger partial charge is 0.471 e. The average molecular weight is 504 g/mol. The number of carbonyl (C=O) groups is 1. The molecule has 1 saturated heterocycles. The summed E-state index contributed by atoms with van der Waals surface area (Å²) < 4.78 is 64.5. The van der Waals surface area contributed by atoms with E-state index in [1.54, 1.807) is 21.1 Å². The Labute approximate surface area is 206 Å². The van der Waals surface area contributed by atoms with E-state index in [0.29, 0.717) is 30.6 Å². The second-order valence-corrected chi connectivity index (χ2v) is 11.7. The molecule has 0 aromatic heterocycles. The Morgan fingerprint density at radius 2 is 1.69 bits per heavy atom. The van der Waals surface area contributed by atoms with Crippen molar-refractivity contribution in [3.63, 3.8) is 0 Å². The van der Waals surface area contributed by atoms with E-state index in [4.69, 9.17) is 18.9 Å². The maximum absolute atomic E-state index is 13.7. The van der Waals surface area contributed by atoms with Gasteiger partial charge in [-0.05, 0) is 81.5 Å². The fourth-order valence-electron chi connectivity index (χ4n) is 9.29. The molecule has 5 aliphatic rings. The predicted octanol–water partition coefficient (Wildman–Crippen LogP) is 4.76. The molecule has 6 nitrogen and oxygen atoms in total. The van der Waals surface area contributed by atoms with Crippen LogP contribution in [0.1, 0.15) is 64.7 Å². The number of ether oxygens (including phenoxy) is 4. The zero-order valence-electron chi connectivity index (χ0n) is 21.1. The van der Waals surface area contributed by atoms with E-state index in [0.717, 1.165) is 32.1 Å². The van der Waals surface area contributed by atoms with Gasteiger partial charge in [-0.1, -0.05) is 12.8 Å². The molecule has 2 bridgehead atoms. The summed E-state index contributed by atoms with van der Waals surface area (Å²) in [4.78, 5) is 13.8. The number of rotatable bonds is 6. The predicted molar refractivity (Wildman–Crippen MR) is 121 cm³/mol. The second-order valence-electron chi connectivity index (χ2n) is 11.7. The van der Waals surface area contributed by atoms with Gasteiger partial charge in [0.2, 0.25) is 0 Å². The normalized spacial score (nSPS) is 45.0. The van der Waals surface area contributed by atoms with E-state index >= 15 is 0 Å². The Bertz CT molecular complexity index is 781. The van der Waals surface area contributed by atoms with Crippen molar-refractivity contribution in [3.8, 4) is 0 Å². The van der Waals surface area contributed by atoms with Crippen LogP contribution < -0.4 is 0 Å². The van der Waals surface area contributed by atoms with Gasteiger partial charge in [0.1, 0.15) is 13.6 Å². The van der Waals surface area contributed by atoms with E-state index in [1.165, 1.54) is 17.7 Å². The monoisotopic (exact) mass is 503 g/mol. The Morgan fingerprint density at radius 3 is 2.37 bits per heavy atom. The fourth-order valence-corrected chi connectivity index (χ4v) is 9.29. The minimum atomic E-state index is -4.87. The lowest BCUT2D eigenvalue weighted by molar-refractivity contribution is -0.229. The summed E-state index contributed by atoms with van der Waals surface area (Å²) in [6.45, 7) is 2.12. The molecule has 0 N–H and O–H groups in total. The van der Waals surface area contributed by atoms with E-state index in [9.17, 15) is 18.0 Å². The average Bonchev–Trinajstić information content (AvgIpc) is 3.09. The van der Waals surface area contributed by atoms with E-state index < -0.39 is 29.8 Å². The number of alkyl halides is 3. The molecule has 5 fully saturated rings. The number of hydrogen-bond donors (Lipinski definition) is 0. The molecule has 4 saturated carbocycles. The Balaban J connectivity index is 1.54. The van der Waals surface area contributed by atoms with Crippen molar-refractivity contribution in [1.82, 2.24) is 4.90 Å². The van der Waals surface area contributed by atoms with Gasteiger partial charge in [-0.15, -0.1) is 0 Å². The highest BCUT2D eigenvalue weighted by Gasteiger charge is 2.69. The molecule has 1 heterocycles. The van der Waals surface area contributed by atoms with Crippen molar-refractivity contribution >= 4 is 5.91 Å². The standard InChI is InChI=1S/C26H40F3NO5/c1-15-8-9-19-21(30(15)24(31)26(27,28)29)10-16-12-25(19,35-14-33-3)20-11-22(34-13-32-2)17-6-4-5-7-18(17)23(16)20/h15-23H,4-14H2,1-3H3/t15-,16-,17+,18+,19+,20+,21+,22+,23-,25+/m1/s1. The number of nitrogens with zero attached hydrogens (tertiary/aromatic N) is 1. The molecule has 10 atom stereocenters. The lowest BCUT2D eigenvalue weighted by atomic mass is 9.58. The molecule has 0 unspecified atom stereocenters. The summed E-state index contributed by atoms with van der Waals surface area (Å²) in [5, 5.41) is 0. The Morgan fingerprint density at radius 1 is 0.971 bits per heavy atom. The molecular weight excluding hydrogens is 463 g/mol. The van der Waals surface area contributed by atoms with Gasteiger partial charge in [0.05, 0.1) is 11.7 Å². The molecule has 4 aliphatic carbocycles. The minimum absolute atomic E-state index is 0.0674. The van der Waals surface area contributed by atoms with Crippen LogP contribution in [0.5, 0.6) is 0 Å². The number of methoxy groups -OCH3 is 2. The van der Waals surface area contributed by atoms with Crippen molar-refractivity contribution in [2.24, 2.45) is 35.5 Å². The summed E-state index contributed by atoms with van der Waals surface area (Å²) in [5.74, 6) is -0.0591. The number of piperidine rings is 1. The molecular formula is C26H40F3NO5. The molecule has 1 amide bonds. The summed E-state index contributed by atoms with van der Waals surface area (Å²) in [6.07, 6.45) is 3.48. The Hall–Kier alpha value is -0.900. The first-order chi connectivity index (χ1) is 16.7. The summed E-state index contributed by atoms with van der Waals surface area (Å²) in [6, 6.07) is -0.876. The van der Waals surface area contributed by atoms with E-state index in [1.807, 2.05) is 0 Å². The van der Waals surface area contributed by atoms with Gasteiger partial charge >= 0.3 is 12.1 Å². The first-order valence-corrected chi connectivity index (χ1v) is 13.4. The van der Waals surface area contributed by atoms with Gasteiger partial charge < -0.3 is 23.8 Å². The molecule has 0 radical (unpaired) electrons. The molecule has 200 valence electrons. The van der Waals surface area contributed by atoms with Crippen LogP contribution in [0.25, 0.3) is 0 Å². The van der Waals surface area contributed by atoms with Crippen LogP contribution in [-0.4, -0.2) is 68.6 Å². The van der Waals surface area contributed by atoms with Crippen molar-refractivity contribution in [2.75, 3.05) is 27.8 Å². The van der Waals surface area contributed by atoms with Crippen LogP contribution in [-0.2, 0) is 23.7 Å². The zero-order valence-corrected chi connectivity index (χ0v) is 21.1. The maximum atomic E-state index is 13.7. The quantitative estimate of drug-likeness (QED) is 0.490. The highest BCUT2D eigenvalue weighted by Crippen LogP contribution is 2.67. The van der Waals surface area contributed by atoms with Crippen molar-refractivity contribution < 1.29 is 36.9 Å². The molecule has 0 aromatic rings. The summed E-state index contributed by atoms with van der Waals surface area (Å²) in [5.41, 5.74) is -0.588.